The van der Waals surface area contributed by atoms with Crippen molar-refractivity contribution in [3.63, 3.8) is 0 Å². The number of phenols is 1. The van der Waals surface area contributed by atoms with Crippen molar-refractivity contribution < 1.29 is 14.6 Å². The lowest BCUT2D eigenvalue weighted by Crippen LogP contribution is -2.03. The molecule has 3 nitrogen and oxygen atoms in total. The molecule has 1 N–H and O–H groups in total. The molecule has 0 radical (unpaired) electrons. The summed E-state index contributed by atoms with van der Waals surface area (Å²) in [6.07, 6.45) is 6.18. The summed E-state index contributed by atoms with van der Waals surface area (Å²) in [4.78, 5) is 10.4. The first-order chi connectivity index (χ1) is 12.4. The van der Waals surface area contributed by atoms with Crippen LogP contribution in [0.25, 0.3) is 11.6 Å². The van der Waals surface area contributed by atoms with Gasteiger partial charge in [-0.1, -0.05) is 67.3 Å². The van der Waals surface area contributed by atoms with Gasteiger partial charge in [-0.2, -0.15) is 0 Å². The van der Waals surface area contributed by atoms with Gasteiger partial charge in [0, 0.05) is 5.57 Å². The van der Waals surface area contributed by atoms with Gasteiger partial charge in [-0.05, 0) is 49.6 Å². The molecule has 26 heavy (non-hydrogen) atoms. The van der Waals surface area contributed by atoms with Gasteiger partial charge in [0.25, 0.3) is 0 Å². The summed E-state index contributed by atoms with van der Waals surface area (Å²) in [6, 6.07) is 17.4. The van der Waals surface area contributed by atoms with Gasteiger partial charge in [0.15, 0.2) is 0 Å². The Hall–Kier alpha value is -3.07. The molecule has 0 aliphatic heterocycles. The molecule has 0 fully saturated rings. The van der Waals surface area contributed by atoms with Crippen LogP contribution in [0.15, 0.2) is 78.9 Å². The van der Waals surface area contributed by atoms with Gasteiger partial charge < -0.3 is 9.84 Å². The topological polar surface area (TPSA) is 46.5 Å². The highest BCUT2D eigenvalue weighted by atomic mass is 16.5. The number of carbonyl (C=O) groups is 1. The molecule has 0 saturated carbocycles. The van der Waals surface area contributed by atoms with E-state index in [-0.39, 0.29) is 5.97 Å². The van der Waals surface area contributed by atoms with Crippen LogP contribution in [0.1, 0.15) is 31.9 Å². The fourth-order valence-electron chi connectivity index (χ4n) is 1.94. The number of allylic oxidation sites excluding steroid dienone is 3. The van der Waals surface area contributed by atoms with Crippen molar-refractivity contribution in [2.45, 2.75) is 20.8 Å². The van der Waals surface area contributed by atoms with Crippen LogP contribution in [0.3, 0.4) is 0 Å². The first-order valence-corrected chi connectivity index (χ1v) is 8.46. The van der Waals surface area contributed by atoms with Crippen LogP contribution < -0.4 is 0 Å². The summed E-state index contributed by atoms with van der Waals surface area (Å²) >= 11 is 0. The second-order valence-electron chi connectivity index (χ2n) is 5.67. The SMILES string of the molecule is C=C(C)C(=O)OCC.CC(=CC=Cc1ccccc1)c1ccc(O)cc1. The molecule has 0 atom stereocenters. The Labute approximate surface area is 156 Å². The lowest BCUT2D eigenvalue weighted by molar-refractivity contribution is -0.138. The molecule has 3 heteroatoms. The molecule has 0 unspecified atom stereocenters. The first-order valence-electron chi connectivity index (χ1n) is 8.46. The van der Waals surface area contributed by atoms with E-state index >= 15 is 0 Å². The van der Waals surface area contributed by atoms with Crippen LogP contribution in [0.4, 0.5) is 0 Å². The van der Waals surface area contributed by atoms with E-state index in [0.717, 1.165) is 5.56 Å². The number of esters is 1. The maximum Gasteiger partial charge on any atom is 0.333 e. The number of rotatable bonds is 5. The maximum absolute atomic E-state index is 10.4. The maximum atomic E-state index is 10.4. The van der Waals surface area contributed by atoms with E-state index in [1.54, 1.807) is 26.0 Å². The highest BCUT2D eigenvalue weighted by molar-refractivity contribution is 5.86. The van der Waals surface area contributed by atoms with E-state index in [1.165, 1.54) is 11.1 Å². The average Bonchev–Trinajstić information content (AvgIpc) is 2.64. The summed E-state index contributed by atoms with van der Waals surface area (Å²) in [6.45, 7) is 9.27. The number of carbonyl (C=O) groups excluding carboxylic acids is 1. The summed E-state index contributed by atoms with van der Waals surface area (Å²) in [5, 5.41) is 9.23. The van der Waals surface area contributed by atoms with Gasteiger partial charge in [0.1, 0.15) is 5.75 Å². The molecule has 136 valence electrons. The van der Waals surface area contributed by atoms with Gasteiger partial charge in [-0.25, -0.2) is 4.79 Å². The summed E-state index contributed by atoms with van der Waals surface area (Å²) in [5.74, 6) is -0.0149. The predicted octanol–water partition coefficient (Wildman–Crippen LogP) is 5.63. The van der Waals surface area contributed by atoms with E-state index in [1.807, 2.05) is 36.4 Å². The Bertz CT molecular complexity index is 754. The lowest BCUT2D eigenvalue weighted by Gasteiger charge is -2.00. The molecule has 2 rings (SSSR count). The molecule has 0 aliphatic carbocycles. The van der Waals surface area contributed by atoms with Gasteiger partial charge >= 0.3 is 5.97 Å². The average molecular weight is 350 g/mol. The molecule has 0 bridgehead atoms. The molecule has 0 aliphatic rings. The number of hydrogen-bond donors (Lipinski definition) is 1. The largest absolute Gasteiger partial charge is 0.508 e. The molecular weight excluding hydrogens is 324 g/mol. The summed E-state index contributed by atoms with van der Waals surface area (Å²) < 4.78 is 4.56. The Balaban J connectivity index is 0.000000359. The Morgan fingerprint density at radius 2 is 1.69 bits per heavy atom. The smallest absolute Gasteiger partial charge is 0.333 e. The third-order valence-corrected chi connectivity index (χ3v) is 3.38. The van der Waals surface area contributed by atoms with Crippen molar-refractivity contribution in [2.75, 3.05) is 6.61 Å². The molecule has 0 heterocycles. The number of aromatic hydroxyl groups is 1. The van der Waals surface area contributed by atoms with Gasteiger partial charge in [0.05, 0.1) is 6.61 Å². The Kier molecular flexibility index (Phi) is 9.26. The Morgan fingerprint density at radius 3 is 2.19 bits per heavy atom. The number of benzene rings is 2. The zero-order valence-electron chi connectivity index (χ0n) is 15.6. The van der Waals surface area contributed by atoms with Gasteiger partial charge in [0.2, 0.25) is 0 Å². The van der Waals surface area contributed by atoms with Crippen LogP contribution in [0.5, 0.6) is 5.75 Å². The predicted molar refractivity (Wildman–Crippen MR) is 109 cm³/mol. The first kappa shape index (κ1) is 21.0. The van der Waals surface area contributed by atoms with E-state index < -0.39 is 0 Å². The number of phenolic OH excluding ortho intramolecular Hbond substituents is 1. The zero-order chi connectivity index (χ0) is 19.4. The number of ether oxygens (including phenoxy) is 1. The van der Waals surface area contributed by atoms with Crippen LogP contribution in [0, 0.1) is 0 Å². The minimum Gasteiger partial charge on any atom is -0.508 e. The molecule has 0 saturated heterocycles. The second-order valence-corrected chi connectivity index (χ2v) is 5.67. The third kappa shape index (κ3) is 8.15. The zero-order valence-corrected chi connectivity index (χ0v) is 15.6. The minimum atomic E-state index is -0.312. The van der Waals surface area contributed by atoms with Gasteiger partial charge in [-0.3, -0.25) is 0 Å². The summed E-state index contributed by atoms with van der Waals surface area (Å²) in [5.41, 5.74) is 3.92. The Morgan fingerprint density at radius 1 is 1.08 bits per heavy atom. The van der Waals surface area contributed by atoms with Crippen molar-refractivity contribution in [2.24, 2.45) is 0 Å². The fourth-order valence-corrected chi connectivity index (χ4v) is 1.94. The van der Waals surface area contributed by atoms with E-state index in [9.17, 15) is 9.90 Å². The van der Waals surface area contributed by atoms with E-state index in [4.69, 9.17) is 0 Å². The molecule has 0 aromatic heterocycles. The highest BCUT2D eigenvalue weighted by Crippen LogP contribution is 2.17. The van der Waals surface area contributed by atoms with Gasteiger partial charge in [-0.15, -0.1) is 0 Å². The molecule has 2 aromatic carbocycles. The van der Waals surface area contributed by atoms with Crippen molar-refractivity contribution >= 4 is 17.6 Å². The summed E-state index contributed by atoms with van der Waals surface area (Å²) in [7, 11) is 0. The standard InChI is InChI=1S/C17H16O.C6H10O2/c1-14(16-10-12-17(18)13-11-16)6-5-9-15-7-3-2-4-8-15;1-4-8-6(7)5(2)3/h2-13,18H,1H3;2,4H2,1,3H3. The van der Waals surface area contributed by atoms with Crippen LogP contribution in [0.2, 0.25) is 0 Å². The van der Waals surface area contributed by atoms with Crippen molar-refractivity contribution in [1.82, 2.24) is 0 Å². The molecule has 2 aromatic rings. The van der Waals surface area contributed by atoms with Crippen LogP contribution in [-0.4, -0.2) is 17.7 Å². The highest BCUT2D eigenvalue weighted by Gasteiger charge is 1.98. The van der Waals surface area contributed by atoms with Crippen LogP contribution >= 0.6 is 0 Å². The molecular formula is C23H26O3. The second kappa shape index (κ2) is 11.5. The fraction of sp³-hybridized carbons (Fsp3) is 0.174. The number of hydrogen-bond acceptors (Lipinski definition) is 3. The van der Waals surface area contributed by atoms with Crippen molar-refractivity contribution in [3.8, 4) is 5.75 Å². The molecule has 0 amide bonds. The lowest BCUT2D eigenvalue weighted by atomic mass is 10.1. The monoisotopic (exact) mass is 350 g/mol. The normalized spacial score (nSPS) is 10.8. The van der Waals surface area contributed by atoms with E-state index in [0.29, 0.717) is 17.9 Å². The molecule has 0 spiro atoms. The third-order valence-electron chi connectivity index (χ3n) is 3.38. The van der Waals surface area contributed by atoms with Crippen molar-refractivity contribution in [1.29, 1.82) is 0 Å². The van der Waals surface area contributed by atoms with Crippen LogP contribution in [-0.2, 0) is 9.53 Å². The minimum absolute atomic E-state index is 0.298. The van der Waals surface area contributed by atoms with Crippen molar-refractivity contribution in [3.05, 3.63) is 90.0 Å². The van der Waals surface area contributed by atoms with E-state index in [2.05, 4.69) is 42.5 Å². The quantitative estimate of drug-likeness (QED) is 0.431.